The Balaban J connectivity index is 3.27. The monoisotopic (exact) mass is 135 g/mol. The first-order valence-corrected chi connectivity index (χ1v) is 3.04. The number of benzene rings is 1. The lowest BCUT2D eigenvalue weighted by atomic mass is 10.1. The van der Waals surface area contributed by atoms with Crippen LogP contribution in [0.15, 0.2) is 24.8 Å². The first-order chi connectivity index (χ1) is 4.75. The van der Waals surface area contributed by atoms with Crippen LogP contribution >= 0.6 is 0 Å². The van der Waals surface area contributed by atoms with Gasteiger partial charge in [-0.15, -0.1) is 0 Å². The van der Waals surface area contributed by atoms with E-state index < -0.39 is 0 Å². The average Bonchev–Trinajstić information content (AvgIpc) is 1.95. The molecule has 1 rings (SSSR count). The highest BCUT2D eigenvalue weighted by Crippen LogP contribution is 2.10. The summed E-state index contributed by atoms with van der Waals surface area (Å²) in [5, 5.41) is 0. The van der Waals surface area contributed by atoms with Crippen LogP contribution in [0, 0.1) is 18.8 Å². The summed E-state index contributed by atoms with van der Waals surface area (Å²) in [5.74, 6) is -0.200. The Morgan fingerprint density at radius 3 is 2.70 bits per heavy atom. The lowest BCUT2D eigenvalue weighted by Gasteiger charge is -1.98. The molecule has 0 fully saturated rings. The maximum atomic E-state index is 12.7. The number of rotatable bonds is 1. The van der Waals surface area contributed by atoms with Crippen molar-refractivity contribution in [3.05, 3.63) is 47.8 Å². The van der Waals surface area contributed by atoms with Gasteiger partial charge in [-0.05, 0) is 30.2 Å². The maximum Gasteiger partial charge on any atom is 0.126 e. The van der Waals surface area contributed by atoms with Gasteiger partial charge in [0.25, 0.3) is 0 Å². The summed E-state index contributed by atoms with van der Waals surface area (Å²) in [7, 11) is 0. The Morgan fingerprint density at radius 1 is 1.50 bits per heavy atom. The van der Waals surface area contributed by atoms with Gasteiger partial charge in [-0.1, -0.05) is 18.7 Å². The molecule has 1 heteroatoms. The first-order valence-electron chi connectivity index (χ1n) is 3.04. The number of halogens is 1. The molecule has 1 aromatic rings. The Labute approximate surface area is 60.0 Å². The smallest absolute Gasteiger partial charge is 0.126 e. The molecule has 0 atom stereocenters. The molecule has 0 aromatic heterocycles. The minimum absolute atomic E-state index is 0.200. The van der Waals surface area contributed by atoms with E-state index in [0.29, 0.717) is 5.56 Å². The normalized spacial score (nSPS) is 9.40. The zero-order chi connectivity index (χ0) is 7.56. The predicted octanol–water partition coefficient (Wildman–Crippen LogP) is 2.47. The van der Waals surface area contributed by atoms with Gasteiger partial charge in [-0.25, -0.2) is 4.39 Å². The standard InChI is InChI=1S/C9H8F/c1-3-8-5-4-6-9(10)7(8)2/h4-6H,1H2,2H3. The summed E-state index contributed by atoms with van der Waals surface area (Å²) in [4.78, 5) is 0. The highest BCUT2D eigenvalue weighted by molar-refractivity contribution is 5.31. The molecule has 0 spiro atoms. The summed E-state index contributed by atoms with van der Waals surface area (Å²) in [6.45, 7) is 5.15. The van der Waals surface area contributed by atoms with E-state index >= 15 is 0 Å². The molecule has 10 heavy (non-hydrogen) atoms. The first kappa shape index (κ1) is 7.00. The minimum atomic E-state index is -0.200. The molecule has 0 aliphatic rings. The van der Waals surface area contributed by atoms with Gasteiger partial charge in [-0.2, -0.15) is 0 Å². The molecule has 0 saturated heterocycles. The lowest BCUT2D eigenvalue weighted by Crippen LogP contribution is -1.85. The molecule has 0 aliphatic carbocycles. The predicted molar refractivity (Wildman–Crippen MR) is 39.1 cm³/mol. The largest absolute Gasteiger partial charge is 0.207 e. The fourth-order valence-electron chi connectivity index (χ4n) is 0.799. The quantitative estimate of drug-likeness (QED) is 0.555. The van der Waals surface area contributed by atoms with Crippen LogP contribution in [0.5, 0.6) is 0 Å². The zero-order valence-corrected chi connectivity index (χ0v) is 5.82. The van der Waals surface area contributed by atoms with Crippen molar-refractivity contribution in [2.24, 2.45) is 0 Å². The average molecular weight is 135 g/mol. The van der Waals surface area contributed by atoms with E-state index in [0.717, 1.165) is 5.56 Å². The third-order valence-corrected chi connectivity index (χ3v) is 1.46. The molecule has 1 aromatic carbocycles. The van der Waals surface area contributed by atoms with Crippen LogP contribution < -0.4 is 0 Å². The summed E-state index contributed by atoms with van der Waals surface area (Å²) in [6, 6.07) is 4.86. The van der Waals surface area contributed by atoms with E-state index in [4.69, 9.17) is 0 Å². The van der Waals surface area contributed by atoms with E-state index in [-0.39, 0.29) is 5.82 Å². The molecule has 0 heterocycles. The second kappa shape index (κ2) is 2.65. The molecule has 0 aliphatic heterocycles. The van der Waals surface area contributed by atoms with Crippen LogP contribution in [0.3, 0.4) is 0 Å². The van der Waals surface area contributed by atoms with Crippen molar-refractivity contribution in [2.45, 2.75) is 6.92 Å². The SMILES string of the molecule is C=[C]c1cccc(F)c1C. The molecule has 0 unspecified atom stereocenters. The molecule has 0 nitrogen and oxygen atoms in total. The highest BCUT2D eigenvalue weighted by atomic mass is 19.1. The lowest BCUT2D eigenvalue weighted by molar-refractivity contribution is 0.617. The van der Waals surface area contributed by atoms with E-state index in [1.54, 1.807) is 19.1 Å². The highest BCUT2D eigenvalue weighted by Gasteiger charge is 1.97. The van der Waals surface area contributed by atoms with Gasteiger partial charge in [-0.3, -0.25) is 0 Å². The van der Waals surface area contributed by atoms with Gasteiger partial charge >= 0.3 is 0 Å². The molecule has 0 saturated carbocycles. The van der Waals surface area contributed by atoms with Gasteiger partial charge in [0.2, 0.25) is 0 Å². The summed E-state index contributed by atoms with van der Waals surface area (Å²) < 4.78 is 12.7. The Hall–Kier alpha value is -1.11. The molecule has 1 radical (unpaired) electrons. The van der Waals surface area contributed by atoms with Gasteiger partial charge < -0.3 is 0 Å². The zero-order valence-electron chi connectivity index (χ0n) is 5.82. The molecular formula is C9H8F. The van der Waals surface area contributed by atoms with E-state index in [1.807, 2.05) is 0 Å². The summed E-state index contributed by atoms with van der Waals surface area (Å²) in [5.41, 5.74) is 1.34. The van der Waals surface area contributed by atoms with Gasteiger partial charge in [0, 0.05) is 0 Å². The van der Waals surface area contributed by atoms with Crippen molar-refractivity contribution in [3.63, 3.8) is 0 Å². The van der Waals surface area contributed by atoms with Crippen LogP contribution in [0.4, 0.5) is 4.39 Å². The van der Waals surface area contributed by atoms with E-state index in [9.17, 15) is 4.39 Å². The van der Waals surface area contributed by atoms with Crippen molar-refractivity contribution < 1.29 is 4.39 Å². The Kier molecular flexibility index (Phi) is 1.86. The summed E-state index contributed by atoms with van der Waals surface area (Å²) in [6.07, 6.45) is 2.65. The van der Waals surface area contributed by atoms with Gasteiger partial charge in [0.1, 0.15) is 5.82 Å². The minimum Gasteiger partial charge on any atom is -0.207 e. The van der Waals surface area contributed by atoms with Crippen molar-refractivity contribution in [2.75, 3.05) is 0 Å². The van der Waals surface area contributed by atoms with Crippen molar-refractivity contribution >= 4 is 0 Å². The second-order valence-electron chi connectivity index (χ2n) is 2.09. The Morgan fingerprint density at radius 2 is 2.20 bits per heavy atom. The third-order valence-electron chi connectivity index (χ3n) is 1.46. The van der Waals surface area contributed by atoms with Gasteiger partial charge in [0.05, 0.1) is 0 Å². The molecular weight excluding hydrogens is 127 g/mol. The second-order valence-corrected chi connectivity index (χ2v) is 2.09. The molecule has 0 amide bonds. The number of hydrogen-bond donors (Lipinski definition) is 0. The van der Waals surface area contributed by atoms with Crippen LogP contribution in [0.2, 0.25) is 0 Å². The van der Waals surface area contributed by atoms with Crippen LogP contribution in [-0.2, 0) is 0 Å². The van der Waals surface area contributed by atoms with Crippen LogP contribution in [-0.4, -0.2) is 0 Å². The fourth-order valence-corrected chi connectivity index (χ4v) is 0.799. The van der Waals surface area contributed by atoms with Crippen molar-refractivity contribution in [3.8, 4) is 0 Å². The van der Waals surface area contributed by atoms with Gasteiger partial charge in [0.15, 0.2) is 0 Å². The molecule has 0 bridgehead atoms. The summed E-state index contributed by atoms with van der Waals surface area (Å²) >= 11 is 0. The maximum absolute atomic E-state index is 12.7. The van der Waals surface area contributed by atoms with E-state index in [2.05, 4.69) is 12.7 Å². The topological polar surface area (TPSA) is 0 Å². The van der Waals surface area contributed by atoms with Crippen LogP contribution in [0.25, 0.3) is 0 Å². The van der Waals surface area contributed by atoms with Crippen molar-refractivity contribution in [1.82, 2.24) is 0 Å². The third kappa shape index (κ3) is 1.08. The Bertz CT molecular complexity index is 251. The molecule has 0 N–H and O–H groups in total. The van der Waals surface area contributed by atoms with E-state index in [1.165, 1.54) is 6.07 Å². The fraction of sp³-hybridized carbons (Fsp3) is 0.111. The van der Waals surface area contributed by atoms with Crippen molar-refractivity contribution in [1.29, 1.82) is 0 Å². The molecule has 51 valence electrons. The van der Waals surface area contributed by atoms with Crippen LogP contribution in [0.1, 0.15) is 11.1 Å². The number of hydrogen-bond acceptors (Lipinski definition) is 0.